The number of nitrogens with one attached hydrogen (secondary N) is 1. The van der Waals surface area contributed by atoms with Crippen LogP contribution in [0.5, 0.6) is 11.5 Å². The van der Waals surface area contributed by atoms with Gasteiger partial charge in [0.15, 0.2) is 17.1 Å². The molecule has 0 spiro atoms. The fourth-order valence-corrected chi connectivity index (χ4v) is 4.01. The molecule has 8 nitrogen and oxygen atoms in total. The van der Waals surface area contributed by atoms with E-state index in [0.717, 1.165) is 0 Å². The molecule has 0 saturated carbocycles. The largest absolute Gasteiger partial charge is 0.454 e. The quantitative estimate of drug-likeness (QED) is 0.690. The molecule has 9 heteroatoms. The van der Waals surface area contributed by atoms with Crippen molar-refractivity contribution in [3.8, 4) is 17.2 Å². The van der Waals surface area contributed by atoms with Gasteiger partial charge in [-0.1, -0.05) is 11.6 Å². The Balaban J connectivity index is 1.55. The fraction of sp³-hybridized carbons (Fsp3) is 0.368. The van der Waals surface area contributed by atoms with Crippen molar-refractivity contribution in [2.24, 2.45) is 0 Å². The summed E-state index contributed by atoms with van der Waals surface area (Å²) in [5.74, 6) is 0.513. The van der Waals surface area contributed by atoms with Gasteiger partial charge in [-0.15, -0.1) is 0 Å². The molecule has 1 saturated heterocycles. The van der Waals surface area contributed by atoms with Crippen LogP contribution in [0.2, 0.25) is 5.15 Å². The molecule has 5 rings (SSSR count). The van der Waals surface area contributed by atoms with E-state index in [2.05, 4.69) is 10.3 Å². The first-order chi connectivity index (χ1) is 14.2. The van der Waals surface area contributed by atoms with Crippen LogP contribution in [0.25, 0.3) is 16.7 Å². The topological polar surface area (TPSA) is 90.5 Å². The molecule has 2 aliphatic rings. The van der Waals surface area contributed by atoms with Gasteiger partial charge in [0.25, 0.3) is 5.56 Å². The smallest absolute Gasteiger partial charge is 0.262 e. The van der Waals surface area contributed by atoms with Crippen LogP contribution in [0.15, 0.2) is 35.4 Å². The normalized spacial score (nSPS) is 20.8. The van der Waals surface area contributed by atoms with Crippen molar-refractivity contribution in [2.45, 2.75) is 25.0 Å². The minimum Gasteiger partial charge on any atom is -0.454 e. The average Bonchev–Trinajstić information content (AvgIpc) is 3.18. The molecule has 0 bridgehead atoms. The molecule has 2 aliphatic heterocycles. The summed E-state index contributed by atoms with van der Waals surface area (Å²) in [6.45, 7) is -0.668. The van der Waals surface area contributed by atoms with Crippen LogP contribution in [-0.4, -0.2) is 44.7 Å². The van der Waals surface area contributed by atoms with E-state index in [-0.39, 0.29) is 28.8 Å². The summed E-state index contributed by atoms with van der Waals surface area (Å²) in [7, 11) is 0. The van der Waals surface area contributed by atoms with Gasteiger partial charge in [-0.05, 0) is 44.1 Å². The van der Waals surface area contributed by atoms with E-state index in [4.69, 9.17) is 23.8 Å². The third-order valence-electron chi connectivity index (χ3n) is 5.23. The van der Waals surface area contributed by atoms with Gasteiger partial charge in [0.1, 0.15) is 14.2 Å². The lowest BCUT2D eigenvalue weighted by Gasteiger charge is -2.32. The van der Waals surface area contributed by atoms with Gasteiger partial charge in [0, 0.05) is 6.07 Å². The predicted molar refractivity (Wildman–Crippen MR) is 104 cm³/mol. The summed E-state index contributed by atoms with van der Waals surface area (Å²) in [6.07, 6.45) is 2.54. The van der Waals surface area contributed by atoms with E-state index in [9.17, 15) is 9.90 Å². The molecule has 146 valence electrons. The van der Waals surface area contributed by atoms with E-state index in [1.807, 2.05) is 0 Å². The van der Waals surface area contributed by atoms with Gasteiger partial charge >= 0.3 is 0 Å². The average molecular weight is 405 g/mol. The standard InChI is InChI=1S/C19H19ClN4O4/c20-16-8-13-17(24(16)12-1-2-14-15(7-12)28-11-27-14)22-10-23(18(13)25)9-19(26)3-5-21-6-4-19/h1-2,7-8,10,21,26H,3-6,9,11H2/i11D2. The van der Waals surface area contributed by atoms with Crippen molar-refractivity contribution in [3.05, 3.63) is 46.1 Å². The van der Waals surface area contributed by atoms with Crippen molar-refractivity contribution >= 4 is 22.6 Å². The molecular formula is C19H19ClN4O4. The second-order valence-electron chi connectivity index (χ2n) is 7.11. The summed E-state index contributed by atoms with van der Waals surface area (Å²) in [5.41, 5.74) is -0.325. The van der Waals surface area contributed by atoms with Crippen LogP contribution in [0.4, 0.5) is 0 Å². The molecule has 2 N–H and O–H groups in total. The minimum atomic E-state index is -2.23. The molecule has 0 unspecified atom stereocenters. The molecular weight excluding hydrogens is 384 g/mol. The Hall–Kier alpha value is -2.55. The minimum absolute atomic E-state index is 0.165. The fourth-order valence-electron chi connectivity index (χ4n) is 3.72. The van der Waals surface area contributed by atoms with Gasteiger partial charge < -0.3 is 19.9 Å². The Morgan fingerprint density at radius 3 is 2.89 bits per heavy atom. The number of piperidine rings is 1. The monoisotopic (exact) mass is 404 g/mol. The van der Waals surface area contributed by atoms with Crippen LogP contribution in [-0.2, 0) is 6.54 Å². The number of benzene rings is 1. The third-order valence-corrected chi connectivity index (χ3v) is 5.51. The maximum atomic E-state index is 13.0. The summed E-state index contributed by atoms with van der Waals surface area (Å²) >= 11 is 6.42. The summed E-state index contributed by atoms with van der Waals surface area (Å²) < 4.78 is 28.4. The Morgan fingerprint density at radius 1 is 1.29 bits per heavy atom. The summed E-state index contributed by atoms with van der Waals surface area (Å²) in [4.78, 5) is 17.5. The zero-order valence-electron chi connectivity index (χ0n) is 16.8. The Morgan fingerprint density at radius 2 is 2.07 bits per heavy atom. The number of rotatable bonds is 3. The lowest BCUT2D eigenvalue weighted by Crippen LogP contribution is -2.46. The van der Waals surface area contributed by atoms with Crippen LogP contribution >= 0.6 is 11.6 Å². The lowest BCUT2D eigenvalue weighted by molar-refractivity contribution is -0.00628. The lowest BCUT2D eigenvalue weighted by atomic mass is 9.92. The number of aromatic nitrogens is 3. The van der Waals surface area contributed by atoms with Crippen molar-refractivity contribution < 1.29 is 17.3 Å². The highest BCUT2D eigenvalue weighted by Gasteiger charge is 2.30. The maximum absolute atomic E-state index is 13.0. The number of fused-ring (bicyclic) bond motifs is 2. The first kappa shape index (κ1) is 15.4. The zero-order valence-corrected chi connectivity index (χ0v) is 15.6. The second kappa shape index (κ2) is 6.51. The van der Waals surface area contributed by atoms with Crippen molar-refractivity contribution in [3.63, 3.8) is 0 Å². The van der Waals surface area contributed by atoms with E-state index in [1.165, 1.54) is 10.9 Å². The molecule has 0 atom stereocenters. The number of aliphatic hydroxyl groups is 1. The van der Waals surface area contributed by atoms with E-state index >= 15 is 0 Å². The second-order valence-corrected chi connectivity index (χ2v) is 7.50. The van der Waals surface area contributed by atoms with Crippen LogP contribution < -0.4 is 20.3 Å². The molecule has 28 heavy (non-hydrogen) atoms. The molecule has 0 amide bonds. The number of hydrogen-bond acceptors (Lipinski definition) is 6. The molecule has 1 fully saturated rings. The molecule has 0 aliphatic carbocycles. The SMILES string of the molecule is [2H]C1([2H])Oc2ccc(-n3c(Cl)cc4c(=O)n(CC5(O)CCNCC5)cnc43)cc2O1. The van der Waals surface area contributed by atoms with Gasteiger partial charge in [-0.3, -0.25) is 13.9 Å². The van der Waals surface area contributed by atoms with Crippen LogP contribution in [0.3, 0.4) is 0 Å². The predicted octanol–water partition coefficient (Wildman–Crippen LogP) is 1.68. The van der Waals surface area contributed by atoms with Crippen molar-refractivity contribution in [1.82, 2.24) is 19.4 Å². The summed E-state index contributed by atoms with van der Waals surface area (Å²) in [5, 5.41) is 14.6. The van der Waals surface area contributed by atoms with Crippen LogP contribution in [0, 0.1) is 0 Å². The maximum Gasteiger partial charge on any atom is 0.262 e. The Bertz CT molecular complexity index is 1200. The number of hydrogen-bond donors (Lipinski definition) is 2. The third kappa shape index (κ3) is 2.85. The van der Waals surface area contributed by atoms with Crippen molar-refractivity contribution in [1.29, 1.82) is 0 Å². The number of nitrogens with zero attached hydrogens (tertiary/aromatic N) is 3. The molecule has 4 heterocycles. The van der Waals surface area contributed by atoms with E-state index in [0.29, 0.717) is 42.7 Å². The van der Waals surface area contributed by atoms with Gasteiger partial charge in [0.2, 0.25) is 6.75 Å². The first-order valence-corrected chi connectivity index (χ1v) is 9.34. The Labute approximate surface area is 168 Å². The highest BCUT2D eigenvalue weighted by molar-refractivity contribution is 6.31. The zero-order chi connectivity index (χ0) is 21.1. The van der Waals surface area contributed by atoms with E-state index in [1.54, 1.807) is 28.8 Å². The molecule has 2 aromatic heterocycles. The molecule has 3 aromatic rings. The highest BCUT2D eigenvalue weighted by Crippen LogP contribution is 2.35. The highest BCUT2D eigenvalue weighted by atomic mass is 35.5. The van der Waals surface area contributed by atoms with Gasteiger partial charge in [0.05, 0.1) is 23.2 Å². The first-order valence-electron chi connectivity index (χ1n) is 9.97. The molecule has 0 radical (unpaired) electrons. The molecule has 1 aromatic carbocycles. The van der Waals surface area contributed by atoms with E-state index < -0.39 is 12.3 Å². The van der Waals surface area contributed by atoms with Gasteiger partial charge in [-0.25, -0.2) is 4.98 Å². The number of halogens is 1. The van der Waals surface area contributed by atoms with Crippen LogP contribution in [0.1, 0.15) is 15.6 Å². The van der Waals surface area contributed by atoms with Gasteiger partial charge in [-0.2, -0.15) is 0 Å². The number of ether oxygens (including phenoxy) is 2. The van der Waals surface area contributed by atoms with Crippen molar-refractivity contribution in [2.75, 3.05) is 19.8 Å². The Kier molecular flexibility index (Phi) is 3.58. The summed E-state index contributed by atoms with van der Waals surface area (Å²) in [6, 6.07) is 6.38.